The normalized spacial score (nSPS) is 22.2. The molecule has 0 saturated heterocycles. The molecule has 0 amide bonds. The summed E-state index contributed by atoms with van der Waals surface area (Å²) < 4.78 is 13.6. The molecule has 1 aliphatic carbocycles. The lowest BCUT2D eigenvalue weighted by molar-refractivity contribution is 0.0697. The fraction of sp³-hybridized carbons (Fsp3) is 0.462. The topological polar surface area (TPSA) is 49.3 Å². The van der Waals surface area contributed by atoms with Crippen molar-refractivity contribution in [3.8, 4) is 0 Å². The Labute approximate surface area is 99.7 Å². The van der Waals surface area contributed by atoms with Crippen molar-refractivity contribution in [2.75, 3.05) is 5.32 Å². The van der Waals surface area contributed by atoms with Crippen molar-refractivity contribution in [1.29, 1.82) is 0 Å². The number of benzene rings is 1. The predicted octanol–water partition coefficient (Wildman–Crippen LogP) is 3.12. The van der Waals surface area contributed by atoms with E-state index in [0.717, 1.165) is 19.3 Å². The van der Waals surface area contributed by atoms with Crippen molar-refractivity contribution in [1.82, 2.24) is 0 Å². The number of hydrogen-bond acceptors (Lipinski definition) is 2. The van der Waals surface area contributed by atoms with Gasteiger partial charge >= 0.3 is 5.97 Å². The van der Waals surface area contributed by atoms with E-state index in [2.05, 4.69) is 12.2 Å². The molecule has 0 bridgehead atoms. The third-order valence-electron chi connectivity index (χ3n) is 3.16. The molecule has 1 saturated carbocycles. The molecule has 1 aliphatic rings. The maximum Gasteiger partial charge on any atom is 0.337 e. The summed E-state index contributed by atoms with van der Waals surface area (Å²) in [6.07, 6.45) is 3.21. The number of halogens is 1. The minimum absolute atomic E-state index is 0.00662. The number of carbonyl (C=O) groups is 1. The fourth-order valence-electron chi connectivity index (χ4n) is 2.15. The molecule has 92 valence electrons. The van der Waals surface area contributed by atoms with Crippen molar-refractivity contribution in [3.63, 3.8) is 0 Å². The van der Waals surface area contributed by atoms with E-state index >= 15 is 0 Å². The van der Waals surface area contributed by atoms with Crippen LogP contribution >= 0.6 is 0 Å². The van der Waals surface area contributed by atoms with Crippen molar-refractivity contribution in [2.24, 2.45) is 5.92 Å². The van der Waals surface area contributed by atoms with E-state index in [0.29, 0.717) is 5.92 Å². The van der Waals surface area contributed by atoms with E-state index in [4.69, 9.17) is 5.11 Å². The Morgan fingerprint density at radius 1 is 1.59 bits per heavy atom. The van der Waals surface area contributed by atoms with Gasteiger partial charge in [-0.05, 0) is 30.9 Å². The molecule has 0 aromatic heterocycles. The Bertz CT molecular complexity index is 433. The van der Waals surface area contributed by atoms with Crippen LogP contribution in [0.25, 0.3) is 0 Å². The predicted molar refractivity (Wildman–Crippen MR) is 63.8 cm³/mol. The molecular formula is C13H16FNO2. The average molecular weight is 237 g/mol. The van der Waals surface area contributed by atoms with Gasteiger partial charge in [-0.3, -0.25) is 0 Å². The van der Waals surface area contributed by atoms with Crippen molar-refractivity contribution >= 4 is 11.7 Å². The molecule has 4 heteroatoms. The molecule has 0 radical (unpaired) electrons. The number of carboxylic acid groups (broad SMARTS) is 1. The number of anilines is 1. The summed E-state index contributed by atoms with van der Waals surface area (Å²) in [6.45, 7) is 2.11. The molecule has 1 aromatic rings. The van der Waals surface area contributed by atoms with Gasteiger partial charge in [0.15, 0.2) is 0 Å². The Morgan fingerprint density at radius 2 is 2.35 bits per heavy atom. The minimum atomic E-state index is -1.10. The fourth-order valence-corrected chi connectivity index (χ4v) is 2.15. The van der Waals surface area contributed by atoms with E-state index in [9.17, 15) is 9.18 Å². The smallest absolute Gasteiger partial charge is 0.337 e. The summed E-state index contributed by atoms with van der Waals surface area (Å²) >= 11 is 0. The summed E-state index contributed by atoms with van der Waals surface area (Å²) in [5.74, 6) is -1.03. The Balaban J connectivity index is 2.13. The maximum atomic E-state index is 13.6. The Morgan fingerprint density at radius 3 is 3.00 bits per heavy atom. The SMILES string of the molecule is CCCC1CC1Nc1c(F)cccc1C(=O)O. The van der Waals surface area contributed by atoms with Crippen LogP contribution in [0.15, 0.2) is 18.2 Å². The number of carboxylic acids is 1. The van der Waals surface area contributed by atoms with Gasteiger partial charge in [-0.2, -0.15) is 0 Å². The first-order valence-corrected chi connectivity index (χ1v) is 5.91. The van der Waals surface area contributed by atoms with Gasteiger partial charge in [-0.1, -0.05) is 19.4 Å². The highest BCUT2D eigenvalue weighted by molar-refractivity contribution is 5.94. The summed E-state index contributed by atoms with van der Waals surface area (Å²) in [4.78, 5) is 11.0. The third kappa shape index (κ3) is 2.57. The molecule has 3 nitrogen and oxygen atoms in total. The van der Waals surface area contributed by atoms with E-state index in [1.165, 1.54) is 18.2 Å². The van der Waals surface area contributed by atoms with Gasteiger partial charge < -0.3 is 10.4 Å². The largest absolute Gasteiger partial charge is 0.478 e. The van der Waals surface area contributed by atoms with Crippen LogP contribution in [-0.2, 0) is 0 Å². The van der Waals surface area contributed by atoms with Crippen LogP contribution in [0.5, 0.6) is 0 Å². The molecule has 0 heterocycles. The highest BCUT2D eigenvalue weighted by Gasteiger charge is 2.37. The van der Waals surface area contributed by atoms with E-state index < -0.39 is 11.8 Å². The Hall–Kier alpha value is -1.58. The van der Waals surface area contributed by atoms with Crippen molar-refractivity contribution < 1.29 is 14.3 Å². The molecule has 2 unspecified atom stereocenters. The number of aromatic carboxylic acids is 1. The van der Waals surface area contributed by atoms with Gasteiger partial charge in [0, 0.05) is 6.04 Å². The van der Waals surface area contributed by atoms with Crippen LogP contribution in [0.4, 0.5) is 10.1 Å². The monoisotopic (exact) mass is 237 g/mol. The highest BCUT2D eigenvalue weighted by atomic mass is 19.1. The lowest BCUT2D eigenvalue weighted by Crippen LogP contribution is -2.11. The van der Waals surface area contributed by atoms with Crippen LogP contribution < -0.4 is 5.32 Å². The van der Waals surface area contributed by atoms with Gasteiger partial charge in [0.05, 0.1) is 11.3 Å². The minimum Gasteiger partial charge on any atom is -0.478 e. The molecule has 2 atom stereocenters. The van der Waals surface area contributed by atoms with Gasteiger partial charge in [0.1, 0.15) is 5.82 Å². The summed E-state index contributed by atoms with van der Waals surface area (Å²) in [6, 6.07) is 4.35. The number of rotatable bonds is 5. The van der Waals surface area contributed by atoms with Gasteiger partial charge in [-0.25, -0.2) is 9.18 Å². The van der Waals surface area contributed by atoms with Gasteiger partial charge in [-0.15, -0.1) is 0 Å². The first-order chi connectivity index (χ1) is 8.13. The molecule has 0 spiro atoms. The summed E-state index contributed by atoms with van der Waals surface area (Å²) in [5, 5.41) is 12.0. The molecule has 2 N–H and O–H groups in total. The van der Waals surface area contributed by atoms with E-state index in [1.807, 2.05) is 0 Å². The molecule has 17 heavy (non-hydrogen) atoms. The summed E-state index contributed by atoms with van der Waals surface area (Å²) in [5.41, 5.74) is 0.135. The molecule has 1 aromatic carbocycles. The number of hydrogen-bond donors (Lipinski definition) is 2. The van der Waals surface area contributed by atoms with E-state index in [1.54, 1.807) is 0 Å². The second-order valence-corrected chi connectivity index (χ2v) is 4.50. The molecule has 0 aliphatic heterocycles. The third-order valence-corrected chi connectivity index (χ3v) is 3.16. The number of para-hydroxylation sites is 1. The highest BCUT2D eigenvalue weighted by Crippen LogP contribution is 2.38. The lowest BCUT2D eigenvalue weighted by atomic mass is 10.1. The second-order valence-electron chi connectivity index (χ2n) is 4.50. The average Bonchev–Trinajstić information content (AvgIpc) is 3.00. The standard InChI is InChI=1S/C13H16FNO2/c1-2-4-8-7-11(8)15-12-9(13(16)17)5-3-6-10(12)14/h3,5-6,8,11,15H,2,4,7H2,1H3,(H,16,17). The number of nitrogens with one attached hydrogen (secondary N) is 1. The molecule has 1 fully saturated rings. The quantitative estimate of drug-likeness (QED) is 0.827. The van der Waals surface area contributed by atoms with Crippen LogP contribution in [0.1, 0.15) is 36.5 Å². The summed E-state index contributed by atoms with van der Waals surface area (Å²) in [7, 11) is 0. The zero-order chi connectivity index (χ0) is 12.4. The Kier molecular flexibility index (Phi) is 3.31. The van der Waals surface area contributed by atoms with Crippen LogP contribution in [0.3, 0.4) is 0 Å². The van der Waals surface area contributed by atoms with Crippen molar-refractivity contribution in [3.05, 3.63) is 29.6 Å². The first kappa shape index (κ1) is 11.9. The van der Waals surface area contributed by atoms with Crippen LogP contribution in [-0.4, -0.2) is 17.1 Å². The van der Waals surface area contributed by atoms with Crippen LogP contribution in [0.2, 0.25) is 0 Å². The first-order valence-electron chi connectivity index (χ1n) is 5.91. The lowest BCUT2D eigenvalue weighted by Gasteiger charge is -2.10. The zero-order valence-corrected chi connectivity index (χ0v) is 9.74. The molecule has 2 rings (SSSR count). The van der Waals surface area contributed by atoms with Crippen molar-refractivity contribution in [2.45, 2.75) is 32.2 Å². The van der Waals surface area contributed by atoms with Gasteiger partial charge in [0.25, 0.3) is 0 Å². The zero-order valence-electron chi connectivity index (χ0n) is 9.74. The van der Waals surface area contributed by atoms with Crippen LogP contribution in [0, 0.1) is 11.7 Å². The second kappa shape index (κ2) is 4.73. The van der Waals surface area contributed by atoms with E-state index in [-0.39, 0.29) is 17.3 Å². The van der Waals surface area contributed by atoms with Gasteiger partial charge in [0.2, 0.25) is 0 Å². The molecular weight excluding hydrogens is 221 g/mol. The maximum absolute atomic E-state index is 13.6.